The maximum absolute atomic E-state index is 9.85. The molecule has 4 heteroatoms. The number of nitriles is 1. The minimum atomic E-state index is -0.708. The van der Waals surface area contributed by atoms with Gasteiger partial charge in [0.2, 0.25) is 0 Å². The second-order valence-corrected chi connectivity index (χ2v) is 18.0. The summed E-state index contributed by atoms with van der Waals surface area (Å²) in [7, 11) is 0. The van der Waals surface area contributed by atoms with Gasteiger partial charge in [0.05, 0.1) is 17.0 Å². The molecule has 4 nitrogen and oxygen atoms in total. The maximum Gasteiger partial charge on any atom is 0.164 e. The first-order valence-corrected chi connectivity index (χ1v) is 21.6. The highest BCUT2D eigenvalue weighted by Crippen LogP contribution is 2.59. The second kappa shape index (κ2) is 14.2. The molecule has 0 spiro atoms. The van der Waals surface area contributed by atoms with E-state index in [9.17, 15) is 5.26 Å². The Morgan fingerprint density at radius 2 is 1.08 bits per heavy atom. The Bertz CT molecular complexity index is 2940. The smallest absolute Gasteiger partial charge is 0.164 e. The number of benzene rings is 7. The summed E-state index contributed by atoms with van der Waals surface area (Å²) in [5, 5.41) is 12.2. The van der Waals surface area contributed by atoms with Gasteiger partial charge in [-0.1, -0.05) is 159 Å². The zero-order valence-electron chi connectivity index (χ0n) is 34.1. The minimum absolute atomic E-state index is 0.241. The molecule has 60 heavy (non-hydrogen) atoms. The highest BCUT2D eigenvalue weighted by atomic mass is 15.0. The van der Waals surface area contributed by atoms with E-state index >= 15 is 0 Å². The van der Waals surface area contributed by atoms with E-state index in [-0.39, 0.29) is 5.41 Å². The molecule has 3 aliphatic rings. The van der Waals surface area contributed by atoms with Crippen LogP contribution < -0.4 is 0 Å². The molecule has 2 fully saturated rings. The van der Waals surface area contributed by atoms with Crippen molar-refractivity contribution in [2.45, 2.75) is 56.8 Å². The van der Waals surface area contributed by atoms with Crippen LogP contribution in [0.15, 0.2) is 164 Å². The van der Waals surface area contributed by atoms with E-state index in [1.807, 2.05) is 12.1 Å². The van der Waals surface area contributed by atoms with Gasteiger partial charge in [0, 0.05) is 16.7 Å². The van der Waals surface area contributed by atoms with Crippen LogP contribution in [-0.2, 0) is 10.8 Å². The molecule has 0 aliphatic heterocycles. The van der Waals surface area contributed by atoms with E-state index in [1.54, 1.807) is 0 Å². The number of rotatable bonds is 6. The Hall–Kier alpha value is -6.70. The Morgan fingerprint density at radius 1 is 0.500 bits per heavy atom. The lowest BCUT2D eigenvalue weighted by atomic mass is 9.54. The van der Waals surface area contributed by atoms with Crippen molar-refractivity contribution in [2.24, 2.45) is 17.8 Å². The van der Waals surface area contributed by atoms with Crippen molar-refractivity contribution in [3.63, 3.8) is 0 Å². The maximum atomic E-state index is 9.85. The van der Waals surface area contributed by atoms with Crippen LogP contribution in [0, 0.1) is 29.1 Å². The largest absolute Gasteiger partial charge is 0.208 e. The lowest BCUT2D eigenvalue weighted by Crippen LogP contribution is -2.42. The Balaban J connectivity index is 1.14. The Morgan fingerprint density at radius 3 is 1.83 bits per heavy atom. The van der Waals surface area contributed by atoms with Gasteiger partial charge in [-0.15, -0.1) is 0 Å². The third kappa shape index (κ3) is 5.82. The summed E-state index contributed by atoms with van der Waals surface area (Å²) >= 11 is 0. The minimum Gasteiger partial charge on any atom is -0.208 e. The van der Waals surface area contributed by atoms with Crippen LogP contribution in [0.4, 0.5) is 0 Å². The molecule has 11 rings (SSSR count). The fraction of sp³-hybridized carbons (Fsp3) is 0.214. The van der Waals surface area contributed by atoms with E-state index in [4.69, 9.17) is 15.0 Å². The van der Waals surface area contributed by atoms with Crippen molar-refractivity contribution < 1.29 is 0 Å². The van der Waals surface area contributed by atoms with E-state index in [0.29, 0.717) is 23.0 Å². The SMILES string of the molecule is C[C@@H]1C[C@@H]2C[C@H](C)CC(c3ccc(-c4nc(-c5ccc6ccccc6c5)nc(-c5cccc6c5C(c5ccccc5)(c5ccc(C#N)cc5)c5ccccc5-6)n4)cc3)(C1)C2. The molecule has 8 aromatic rings. The molecule has 1 aromatic heterocycles. The van der Waals surface area contributed by atoms with Gasteiger partial charge in [-0.25, -0.2) is 15.0 Å². The fourth-order valence-electron chi connectivity index (χ4n) is 11.9. The molecule has 0 N–H and O–H groups in total. The molecule has 0 radical (unpaired) electrons. The molecular weight excluding hydrogens is 729 g/mol. The monoisotopic (exact) mass is 774 g/mol. The topological polar surface area (TPSA) is 62.5 Å². The predicted molar refractivity (Wildman–Crippen MR) is 242 cm³/mol. The molecule has 2 saturated carbocycles. The summed E-state index contributed by atoms with van der Waals surface area (Å²) in [5.74, 6) is 4.25. The third-order valence-corrected chi connectivity index (χ3v) is 14.0. The fourth-order valence-corrected chi connectivity index (χ4v) is 11.9. The zero-order chi connectivity index (χ0) is 40.4. The van der Waals surface area contributed by atoms with Crippen LogP contribution in [-0.4, -0.2) is 15.0 Å². The van der Waals surface area contributed by atoms with E-state index in [1.165, 1.54) is 54.2 Å². The first kappa shape index (κ1) is 36.4. The molecule has 2 unspecified atom stereocenters. The van der Waals surface area contributed by atoms with E-state index in [0.717, 1.165) is 62.1 Å². The second-order valence-electron chi connectivity index (χ2n) is 18.0. The van der Waals surface area contributed by atoms with Crippen LogP contribution in [0.2, 0.25) is 0 Å². The molecule has 3 aliphatic carbocycles. The van der Waals surface area contributed by atoms with Gasteiger partial charge in [-0.05, 0) is 123 Å². The van der Waals surface area contributed by atoms with Gasteiger partial charge in [0.1, 0.15) is 0 Å². The quantitative estimate of drug-likeness (QED) is 0.169. The van der Waals surface area contributed by atoms with E-state index < -0.39 is 5.41 Å². The number of nitrogens with zero attached hydrogens (tertiary/aromatic N) is 4. The van der Waals surface area contributed by atoms with Crippen LogP contribution >= 0.6 is 0 Å². The molecule has 2 bridgehead atoms. The lowest BCUT2D eigenvalue weighted by molar-refractivity contribution is 0.0780. The summed E-state index contributed by atoms with van der Waals surface area (Å²) in [6.45, 7) is 4.91. The normalized spacial score (nSPS) is 22.8. The average molecular weight is 775 g/mol. The predicted octanol–water partition coefficient (Wildman–Crippen LogP) is 13.4. The van der Waals surface area contributed by atoms with Crippen LogP contribution in [0.1, 0.15) is 79.3 Å². The van der Waals surface area contributed by atoms with Crippen molar-refractivity contribution in [3.05, 3.63) is 197 Å². The number of hydrogen-bond acceptors (Lipinski definition) is 4. The number of fused-ring (bicyclic) bond motifs is 6. The van der Waals surface area contributed by atoms with Gasteiger partial charge in [-0.2, -0.15) is 5.26 Å². The summed E-state index contributed by atoms with van der Waals surface area (Å²) in [4.78, 5) is 16.1. The summed E-state index contributed by atoms with van der Waals surface area (Å²) in [5.41, 5.74) is 11.4. The summed E-state index contributed by atoms with van der Waals surface area (Å²) < 4.78 is 0. The van der Waals surface area contributed by atoms with Crippen LogP contribution in [0.3, 0.4) is 0 Å². The molecule has 1 heterocycles. The van der Waals surface area contributed by atoms with Crippen LogP contribution in [0.5, 0.6) is 0 Å². The Labute approximate surface area is 352 Å². The molecule has 290 valence electrons. The number of hydrogen-bond donors (Lipinski definition) is 0. The Kier molecular flexibility index (Phi) is 8.64. The summed E-state index contributed by atoms with van der Waals surface area (Å²) in [6, 6.07) is 60.7. The highest BCUT2D eigenvalue weighted by molar-refractivity contribution is 5.92. The van der Waals surface area contributed by atoms with Crippen LogP contribution in [0.25, 0.3) is 56.1 Å². The van der Waals surface area contributed by atoms with Gasteiger partial charge < -0.3 is 0 Å². The van der Waals surface area contributed by atoms with Crippen molar-refractivity contribution in [1.29, 1.82) is 5.26 Å². The van der Waals surface area contributed by atoms with E-state index in [2.05, 4.69) is 172 Å². The van der Waals surface area contributed by atoms with Crippen molar-refractivity contribution in [1.82, 2.24) is 15.0 Å². The van der Waals surface area contributed by atoms with Gasteiger partial charge in [0.15, 0.2) is 17.5 Å². The molecule has 5 atom stereocenters. The van der Waals surface area contributed by atoms with Gasteiger partial charge in [0.25, 0.3) is 0 Å². The zero-order valence-corrected chi connectivity index (χ0v) is 34.1. The molecular formula is C56H46N4. The van der Waals surface area contributed by atoms with Crippen molar-refractivity contribution in [2.75, 3.05) is 0 Å². The van der Waals surface area contributed by atoms with Gasteiger partial charge >= 0.3 is 0 Å². The summed E-state index contributed by atoms with van der Waals surface area (Å²) in [6.07, 6.45) is 6.55. The first-order valence-electron chi connectivity index (χ1n) is 21.6. The first-order chi connectivity index (χ1) is 29.4. The standard InChI is InChI=1S/C56H46N4/c1-36-29-39-30-37(2)33-55(32-36,34-39)44-27-23-41(24-28-44)52-58-53(43-22-21-40-11-6-7-12-42(40)31-43)60-54(59-52)49-17-10-16-48-47-15-8-9-18-50(47)56(51(48)49,45-13-4-3-5-14-45)46-25-19-38(35-57)20-26-46/h3-28,31,36-37,39H,29-30,32-34H2,1-2H3/t36-,37+,39-,55?,56?. The van der Waals surface area contributed by atoms with Crippen molar-refractivity contribution in [3.8, 4) is 51.4 Å². The average Bonchev–Trinajstić information content (AvgIpc) is 3.60. The molecule has 0 amide bonds. The van der Waals surface area contributed by atoms with Crippen molar-refractivity contribution >= 4 is 10.8 Å². The lowest BCUT2D eigenvalue weighted by Gasteiger charge is -2.50. The highest BCUT2D eigenvalue weighted by Gasteiger charge is 2.48. The van der Waals surface area contributed by atoms with Gasteiger partial charge in [-0.3, -0.25) is 0 Å². The third-order valence-electron chi connectivity index (χ3n) is 14.0. The molecule has 7 aromatic carbocycles. The number of aromatic nitrogens is 3. The molecule has 0 saturated heterocycles.